The molecule has 3 amide bonds. The average molecular weight is 411 g/mol. The van der Waals surface area contributed by atoms with E-state index in [4.69, 9.17) is 0 Å². The van der Waals surface area contributed by atoms with Crippen molar-refractivity contribution in [1.82, 2.24) is 14.8 Å². The highest BCUT2D eigenvalue weighted by molar-refractivity contribution is 5.96. The Hall–Kier alpha value is -2.76. The number of aromatic nitrogens is 1. The molecular weight excluding hydrogens is 376 g/mol. The van der Waals surface area contributed by atoms with Crippen LogP contribution in [0.4, 0.5) is 10.5 Å². The number of carbonyl (C=O) groups excluding carboxylic acids is 2. The maximum absolute atomic E-state index is 13.2. The minimum absolute atomic E-state index is 0.101. The predicted molar refractivity (Wildman–Crippen MR) is 121 cm³/mol. The van der Waals surface area contributed by atoms with E-state index in [1.807, 2.05) is 49.1 Å². The number of benzene rings is 1. The number of urea groups is 1. The van der Waals surface area contributed by atoms with Gasteiger partial charge in [0.1, 0.15) is 0 Å². The van der Waals surface area contributed by atoms with Gasteiger partial charge in [-0.3, -0.25) is 4.79 Å². The molecule has 1 aromatic heterocycles. The molecular formula is C24H34N4O2. The van der Waals surface area contributed by atoms with E-state index in [0.717, 1.165) is 47.6 Å². The van der Waals surface area contributed by atoms with Gasteiger partial charge in [0.25, 0.3) is 5.91 Å². The highest BCUT2D eigenvalue weighted by Crippen LogP contribution is 2.24. The topological polar surface area (TPSA) is 66.4 Å². The number of rotatable bonds is 5. The number of nitrogens with one attached hydrogen (secondary N) is 2. The van der Waals surface area contributed by atoms with Gasteiger partial charge in [-0.1, -0.05) is 17.7 Å². The van der Waals surface area contributed by atoms with Gasteiger partial charge < -0.3 is 20.1 Å². The van der Waals surface area contributed by atoms with Crippen LogP contribution in [0.2, 0.25) is 0 Å². The van der Waals surface area contributed by atoms with Gasteiger partial charge in [-0.2, -0.15) is 0 Å². The Bertz CT molecular complexity index is 899. The number of carbonyl (C=O) groups is 2. The van der Waals surface area contributed by atoms with Crippen LogP contribution >= 0.6 is 0 Å². The summed E-state index contributed by atoms with van der Waals surface area (Å²) in [5, 5.41) is 5.82. The summed E-state index contributed by atoms with van der Waals surface area (Å²) in [4.78, 5) is 27.3. The largest absolute Gasteiger partial charge is 0.346 e. The molecule has 2 heterocycles. The third-order valence-corrected chi connectivity index (χ3v) is 5.90. The predicted octanol–water partition coefficient (Wildman–Crippen LogP) is 4.67. The van der Waals surface area contributed by atoms with E-state index in [0.29, 0.717) is 19.1 Å². The molecule has 2 N–H and O–H groups in total. The Balaban J connectivity index is 1.56. The van der Waals surface area contributed by atoms with E-state index >= 15 is 0 Å². The van der Waals surface area contributed by atoms with Crippen LogP contribution in [0.1, 0.15) is 60.0 Å². The fourth-order valence-electron chi connectivity index (χ4n) is 4.42. The van der Waals surface area contributed by atoms with Gasteiger partial charge in [-0.05, 0) is 71.6 Å². The summed E-state index contributed by atoms with van der Waals surface area (Å²) in [6.45, 7) is 12.4. The molecule has 1 aliphatic heterocycles. The highest BCUT2D eigenvalue weighted by Gasteiger charge is 2.27. The molecule has 1 aliphatic rings. The normalized spacial score (nSPS) is 16.6. The Labute approximate surface area is 179 Å². The molecule has 3 rings (SSSR count). The van der Waals surface area contributed by atoms with Gasteiger partial charge in [0.05, 0.1) is 5.56 Å². The minimum atomic E-state index is -0.206. The van der Waals surface area contributed by atoms with Crippen molar-refractivity contribution in [2.75, 3.05) is 25.0 Å². The van der Waals surface area contributed by atoms with E-state index in [1.54, 1.807) is 0 Å². The maximum Gasteiger partial charge on any atom is 0.319 e. The number of anilines is 1. The molecule has 0 radical (unpaired) electrons. The first-order valence-corrected chi connectivity index (χ1v) is 10.9. The van der Waals surface area contributed by atoms with Crippen LogP contribution < -0.4 is 10.6 Å². The third kappa shape index (κ3) is 5.04. The van der Waals surface area contributed by atoms with Crippen LogP contribution in [-0.2, 0) is 0 Å². The number of nitrogens with zero attached hydrogens (tertiary/aromatic N) is 2. The lowest BCUT2D eigenvalue weighted by Gasteiger charge is -2.33. The molecule has 6 nitrogen and oxygen atoms in total. The molecule has 162 valence electrons. The second-order valence-electron chi connectivity index (χ2n) is 8.71. The molecule has 0 saturated carbocycles. The fourth-order valence-corrected chi connectivity index (χ4v) is 4.42. The van der Waals surface area contributed by atoms with Crippen LogP contribution in [0.5, 0.6) is 0 Å². The molecule has 0 spiro atoms. The maximum atomic E-state index is 13.2. The van der Waals surface area contributed by atoms with Crippen molar-refractivity contribution in [3.05, 3.63) is 52.8 Å². The zero-order valence-corrected chi connectivity index (χ0v) is 18.8. The minimum Gasteiger partial charge on any atom is -0.346 e. The Morgan fingerprint density at radius 2 is 1.83 bits per heavy atom. The molecule has 1 atom stereocenters. The van der Waals surface area contributed by atoms with Crippen LogP contribution in [0, 0.1) is 26.7 Å². The van der Waals surface area contributed by atoms with Crippen molar-refractivity contribution in [3.63, 3.8) is 0 Å². The summed E-state index contributed by atoms with van der Waals surface area (Å²) in [6.07, 6.45) is 1.97. The first-order chi connectivity index (χ1) is 14.3. The fraction of sp³-hybridized carbons (Fsp3) is 0.500. The van der Waals surface area contributed by atoms with Crippen LogP contribution in [0.3, 0.4) is 0 Å². The first kappa shape index (κ1) is 21.9. The van der Waals surface area contributed by atoms with Crippen LogP contribution in [0.25, 0.3) is 0 Å². The van der Waals surface area contributed by atoms with Crippen molar-refractivity contribution in [2.45, 2.75) is 53.5 Å². The standard InChI is InChI=1S/C24H34N4O2/c1-16(2)28-18(4)13-22(19(28)5)23(29)27-12-6-7-20(15-27)14-25-24(30)26-21-10-8-17(3)9-11-21/h8-11,13,16,20H,6-7,12,14-15H2,1-5H3,(H2,25,26,30). The Kier molecular flexibility index (Phi) is 6.85. The summed E-state index contributed by atoms with van der Waals surface area (Å²) >= 11 is 0. The molecule has 1 saturated heterocycles. The lowest BCUT2D eigenvalue weighted by Crippen LogP contribution is -2.44. The van der Waals surface area contributed by atoms with E-state index in [2.05, 4.69) is 36.0 Å². The number of aryl methyl sites for hydroxylation is 2. The van der Waals surface area contributed by atoms with E-state index in [1.165, 1.54) is 0 Å². The smallest absolute Gasteiger partial charge is 0.319 e. The zero-order chi connectivity index (χ0) is 21.8. The first-order valence-electron chi connectivity index (χ1n) is 10.9. The summed E-state index contributed by atoms with van der Waals surface area (Å²) in [7, 11) is 0. The molecule has 1 unspecified atom stereocenters. The van der Waals surface area contributed by atoms with Gasteiger partial charge in [-0.25, -0.2) is 4.79 Å². The second-order valence-corrected chi connectivity index (χ2v) is 8.71. The lowest BCUT2D eigenvalue weighted by atomic mass is 9.97. The summed E-state index contributed by atoms with van der Waals surface area (Å²) in [6, 6.07) is 9.86. The van der Waals surface area contributed by atoms with Crippen molar-refractivity contribution in [1.29, 1.82) is 0 Å². The van der Waals surface area contributed by atoms with Crippen molar-refractivity contribution in [2.24, 2.45) is 5.92 Å². The van der Waals surface area contributed by atoms with Gasteiger partial charge in [0.15, 0.2) is 0 Å². The number of likely N-dealkylation sites (tertiary alicyclic amines) is 1. The second kappa shape index (κ2) is 9.37. The third-order valence-electron chi connectivity index (χ3n) is 5.90. The molecule has 1 aromatic carbocycles. The SMILES string of the molecule is Cc1ccc(NC(=O)NCC2CCCN(C(=O)c3cc(C)n(C(C)C)c3C)C2)cc1. The van der Waals surface area contributed by atoms with Gasteiger partial charge in [0.2, 0.25) is 0 Å². The van der Waals surface area contributed by atoms with Gasteiger partial charge in [-0.15, -0.1) is 0 Å². The molecule has 2 aromatic rings. The highest BCUT2D eigenvalue weighted by atomic mass is 16.2. The van der Waals surface area contributed by atoms with Crippen LogP contribution in [-0.4, -0.2) is 41.0 Å². The summed E-state index contributed by atoms with van der Waals surface area (Å²) in [5.41, 5.74) is 4.88. The quantitative estimate of drug-likeness (QED) is 0.752. The number of amides is 3. The van der Waals surface area contributed by atoms with E-state index < -0.39 is 0 Å². The van der Waals surface area contributed by atoms with Crippen molar-refractivity contribution < 1.29 is 9.59 Å². The molecule has 0 aliphatic carbocycles. The number of piperidine rings is 1. The van der Waals surface area contributed by atoms with E-state index in [9.17, 15) is 9.59 Å². The monoisotopic (exact) mass is 410 g/mol. The van der Waals surface area contributed by atoms with Crippen molar-refractivity contribution >= 4 is 17.6 Å². The molecule has 6 heteroatoms. The molecule has 1 fully saturated rings. The summed E-state index contributed by atoms with van der Waals surface area (Å²) < 4.78 is 2.21. The van der Waals surface area contributed by atoms with Gasteiger partial charge in [0, 0.05) is 42.8 Å². The lowest BCUT2D eigenvalue weighted by molar-refractivity contribution is 0.0674. The Morgan fingerprint density at radius 1 is 1.13 bits per heavy atom. The Morgan fingerprint density at radius 3 is 2.47 bits per heavy atom. The van der Waals surface area contributed by atoms with Gasteiger partial charge >= 0.3 is 6.03 Å². The number of hydrogen-bond acceptors (Lipinski definition) is 2. The zero-order valence-electron chi connectivity index (χ0n) is 18.8. The summed E-state index contributed by atoms with van der Waals surface area (Å²) in [5.74, 6) is 0.365. The van der Waals surface area contributed by atoms with Crippen LogP contribution in [0.15, 0.2) is 30.3 Å². The average Bonchev–Trinajstić information content (AvgIpc) is 3.02. The molecule has 0 bridgehead atoms. The molecule has 30 heavy (non-hydrogen) atoms. The van der Waals surface area contributed by atoms with Crippen molar-refractivity contribution in [3.8, 4) is 0 Å². The number of hydrogen-bond donors (Lipinski definition) is 2. The van der Waals surface area contributed by atoms with E-state index in [-0.39, 0.29) is 17.9 Å².